The van der Waals surface area contributed by atoms with Crippen LogP contribution in [-0.4, -0.2) is 24.0 Å². The molecule has 7 heteroatoms. The molecule has 0 spiro atoms. The zero-order valence-corrected chi connectivity index (χ0v) is 17.6. The van der Waals surface area contributed by atoms with Crippen LogP contribution in [0.15, 0.2) is 47.8 Å². The number of hydrogen-bond donors (Lipinski definition) is 0. The van der Waals surface area contributed by atoms with Gasteiger partial charge in [0.05, 0.1) is 24.1 Å². The van der Waals surface area contributed by atoms with Crippen molar-refractivity contribution < 1.29 is 19.1 Å². The molecule has 0 saturated heterocycles. The fourth-order valence-electron chi connectivity index (χ4n) is 2.88. The Kier molecular flexibility index (Phi) is 6.29. The number of rotatable bonds is 6. The molecule has 0 bridgehead atoms. The Bertz CT molecular complexity index is 1040. The van der Waals surface area contributed by atoms with Crippen LogP contribution >= 0.6 is 11.3 Å². The Morgan fingerprint density at radius 3 is 2.59 bits per heavy atom. The van der Waals surface area contributed by atoms with Crippen molar-refractivity contribution in [2.24, 2.45) is 0 Å². The maximum Gasteiger partial charge on any atom is 0.338 e. The van der Waals surface area contributed by atoms with Gasteiger partial charge < -0.3 is 9.47 Å². The number of carbonyl (C=O) groups is 2. The van der Waals surface area contributed by atoms with E-state index in [9.17, 15) is 9.59 Å². The summed E-state index contributed by atoms with van der Waals surface area (Å²) in [6.45, 7) is 5.34. The van der Waals surface area contributed by atoms with Crippen LogP contribution in [-0.2, 0) is 16.1 Å². The van der Waals surface area contributed by atoms with Gasteiger partial charge in [0.15, 0.2) is 5.13 Å². The van der Waals surface area contributed by atoms with E-state index in [1.807, 2.05) is 38.1 Å². The van der Waals surface area contributed by atoms with Crippen molar-refractivity contribution in [1.82, 2.24) is 4.98 Å². The molecular weight excluding hydrogens is 388 g/mol. The van der Waals surface area contributed by atoms with E-state index in [1.165, 1.54) is 23.2 Å². The van der Waals surface area contributed by atoms with Crippen molar-refractivity contribution in [3.8, 4) is 5.75 Å². The molecule has 2 aromatic carbocycles. The predicted molar refractivity (Wildman–Crippen MR) is 113 cm³/mol. The first-order valence-electron chi connectivity index (χ1n) is 9.03. The molecule has 0 N–H and O–H groups in total. The van der Waals surface area contributed by atoms with Crippen LogP contribution < -0.4 is 9.64 Å². The summed E-state index contributed by atoms with van der Waals surface area (Å²) in [5.41, 5.74) is 3.65. The topological polar surface area (TPSA) is 68.7 Å². The smallest absolute Gasteiger partial charge is 0.338 e. The van der Waals surface area contributed by atoms with Gasteiger partial charge in [-0.15, -0.1) is 11.3 Å². The molecule has 3 rings (SSSR count). The van der Waals surface area contributed by atoms with Crippen LogP contribution in [0.25, 0.3) is 0 Å². The molecule has 0 aliphatic heterocycles. The molecule has 0 fully saturated rings. The second kappa shape index (κ2) is 8.87. The van der Waals surface area contributed by atoms with Crippen molar-refractivity contribution in [3.63, 3.8) is 0 Å². The predicted octanol–water partition coefficient (Wildman–Crippen LogP) is 4.81. The third kappa shape index (κ3) is 4.46. The van der Waals surface area contributed by atoms with Crippen molar-refractivity contribution in [3.05, 3.63) is 70.2 Å². The molecule has 0 aliphatic rings. The highest BCUT2D eigenvalue weighted by atomic mass is 32.1. The van der Waals surface area contributed by atoms with Gasteiger partial charge in [-0.05, 0) is 43.2 Å². The monoisotopic (exact) mass is 410 g/mol. The van der Waals surface area contributed by atoms with E-state index in [0.717, 1.165) is 11.1 Å². The standard InChI is InChI=1S/C22H22N2O4S/c1-14-8-7-9-18(15(14)2)21(26)28-12-17-13-29-22(23-17)24(16(3)25)19-10-5-6-11-20(19)27-4/h5-11,13H,12H2,1-4H3. The molecule has 1 heterocycles. The number of aryl methyl sites for hydroxylation is 1. The molecule has 0 atom stereocenters. The molecule has 0 saturated carbocycles. The number of para-hydroxylation sites is 2. The summed E-state index contributed by atoms with van der Waals surface area (Å²) in [5, 5.41) is 2.26. The summed E-state index contributed by atoms with van der Waals surface area (Å²) < 4.78 is 10.8. The van der Waals surface area contributed by atoms with Crippen LogP contribution in [0.5, 0.6) is 5.75 Å². The second-order valence-corrected chi connectivity index (χ2v) is 7.31. The van der Waals surface area contributed by atoms with Gasteiger partial charge in [-0.25, -0.2) is 9.78 Å². The average molecular weight is 410 g/mol. The number of ether oxygens (including phenoxy) is 2. The lowest BCUT2D eigenvalue weighted by molar-refractivity contribution is -0.115. The van der Waals surface area contributed by atoms with Crippen molar-refractivity contribution in [2.75, 3.05) is 12.0 Å². The fraction of sp³-hybridized carbons (Fsp3) is 0.227. The number of esters is 1. The zero-order chi connectivity index (χ0) is 21.0. The van der Waals surface area contributed by atoms with E-state index in [4.69, 9.17) is 9.47 Å². The quantitative estimate of drug-likeness (QED) is 0.546. The molecule has 1 amide bonds. The van der Waals surface area contributed by atoms with Crippen LogP contribution in [0.3, 0.4) is 0 Å². The molecule has 1 aromatic heterocycles. The van der Waals surface area contributed by atoms with Crippen LogP contribution in [0, 0.1) is 13.8 Å². The third-order valence-electron chi connectivity index (χ3n) is 4.55. The van der Waals surface area contributed by atoms with E-state index in [2.05, 4.69) is 4.98 Å². The second-order valence-electron chi connectivity index (χ2n) is 6.47. The van der Waals surface area contributed by atoms with Gasteiger partial charge in [0, 0.05) is 12.3 Å². The van der Waals surface area contributed by atoms with E-state index < -0.39 is 5.97 Å². The number of methoxy groups -OCH3 is 1. The molecule has 0 unspecified atom stereocenters. The summed E-state index contributed by atoms with van der Waals surface area (Å²) in [7, 11) is 1.55. The highest BCUT2D eigenvalue weighted by Crippen LogP contribution is 2.35. The number of thiazole rings is 1. The normalized spacial score (nSPS) is 10.5. The molecule has 29 heavy (non-hydrogen) atoms. The number of nitrogens with zero attached hydrogens (tertiary/aromatic N) is 2. The SMILES string of the molecule is COc1ccccc1N(C(C)=O)c1nc(COC(=O)c2cccc(C)c2C)cs1. The van der Waals surface area contributed by atoms with Gasteiger partial charge >= 0.3 is 5.97 Å². The first-order valence-corrected chi connectivity index (χ1v) is 9.91. The van der Waals surface area contributed by atoms with E-state index in [1.54, 1.807) is 30.7 Å². The summed E-state index contributed by atoms with van der Waals surface area (Å²) >= 11 is 1.30. The maximum absolute atomic E-state index is 12.4. The number of aromatic nitrogens is 1. The Morgan fingerprint density at radius 2 is 1.86 bits per heavy atom. The van der Waals surface area contributed by atoms with Crippen molar-refractivity contribution in [1.29, 1.82) is 0 Å². The highest BCUT2D eigenvalue weighted by molar-refractivity contribution is 7.14. The van der Waals surface area contributed by atoms with Crippen LogP contribution in [0.1, 0.15) is 34.1 Å². The maximum atomic E-state index is 12.4. The molecule has 3 aromatic rings. The lowest BCUT2D eigenvalue weighted by Gasteiger charge is -2.20. The summed E-state index contributed by atoms with van der Waals surface area (Å²) in [6.07, 6.45) is 0. The molecule has 0 radical (unpaired) electrons. The number of anilines is 2. The molecule has 150 valence electrons. The average Bonchev–Trinajstić information content (AvgIpc) is 3.17. The first-order chi connectivity index (χ1) is 13.9. The molecule has 0 aliphatic carbocycles. The largest absolute Gasteiger partial charge is 0.495 e. The van der Waals surface area contributed by atoms with E-state index >= 15 is 0 Å². The summed E-state index contributed by atoms with van der Waals surface area (Å²) in [5.74, 6) is -0.0162. The van der Waals surface area contributed by atoms with Gasteiger partial charge in [0.1, 0.15) is 12.4 Å². The Balaban J connectivity index is 1.78. The van der Waals surface area contributed by atoms with Gasteiger partial charge in [-0.1, -0.05) is 24.3 Å². The van der Waals surface area contributed by atoms with Crippen molar-refractivity contribution >= 4 is 34.0 Å². The Labute approximate surface area is 173 Å². The highest BCUT2D eigenvalue weighted by Gasteiger charge is 2.21. The van der Waals surface area contributed by atoms with Gasteiger partial charge in [0.25, 0.3) is 0 Å². The van der Waals surface area contributed by atoms with Gasteiger partial charge in [0.2, 0.25) is 5.91 Å². The number of hydrogen-bond acceptors (Lipinski definition) is 6. The zero-order valence-electron chi connectivity index (χ0n) is 16.8. The minimum Gasteiger partial charge on any atom is -0.495 e. The molecule has 6 nitrogen and oxygen atoms in total. The number of carbonyl (C=O) groups excluding carboxylic acids is 2. The minimum atomic E-state index is -0.395. The first kappa shape index (κ1) is 20.5. The third-order valence-corrected chi connectivity index (χ3v) is 5.42. The van der Waals surface area contributed by atoms with Crippen molar-refractivity contribution in [2.45, 2.75) is 27.4 Å². The molecular formula is C22H22N2O4S. The lowest BCUT2D eigenvalue weighted by Crippen LogP contribution is -2.23. The van der Waals surface area contributed by atoms with Crippen LogP contribution in [0.2, 0.25) is 0 Å². The summed E-state index contributed by atoms with van der Waals surface area (Å²) in [6, 6.07) is 12.8. The number of amides is 1. The Hall–Kier alpha value is -3.19. The lowest BCUT2D eigenvalue weighted by atomic mass is 10.0. The summed E-state index contributed by atoms with van der Waals surface area (Å²) in [4.78, 5) is 30.7. The number of benzene rings is 2. The van der Waals surface area contributed by atoms with Crippen LogP contribution in [0.4, 0.5) is 10.8 Å². The minimum absolute atomic E-state index is 0.0282. The Morgan fingerprint density at radius 1 is 1.10 bits per heavy atom. The fourth-order valence-corrected chi connectivity index (χ4v) is 3.74. The van der Waals surface area contributed by atoms with E-state index in [0.29, 0.717) is 27.8 Å². The van der Waals surface area contributed by atoms with Gasteiger partial charge in [-0.2, -0.15) is 0 Å². The van der Waals surface area contributed by atoms with E-state index in [-0.39, 0.29) is 12.5 Å². The van der Waals surface area contributed by atoms with Gasteiger partial charge in [-0.3, -0.25) is 9.69 Å².